The molecule has 2 nitrogen and oxygen atoms in total. The molecule has 1 aliphatic heterocycles. The van der Waals surface area contributed by atoms with E-state index in [0.29, 0.717) is 0 Å². The molecule has 2 aromatic rings. The molecule has 0 bridgehead atoms. The molecule has 0 aromatic heterocycles. The normalized spacial score (nSPS) is 13.2. The first-order valence-electron chi connectivity index (χ1n) is 26.7. The number of hydrogen-bond donors (Lipinski definition) is 0. The highest BCUT2D eigenvalue weighted by Gasteiger charge is 2.36. The molecular formula is C58H96N2. The summed E-state index contributed by atoms with van der Waals surface area (Å²) < 4.78 is 1.75. The van der Waals surface area contributed by atoms with Gasteiger partial charge in [-0.05, 0) is 160 Å². The minimum absolute atomic E-state index is 1.03. The van der Waals surface area contributed by atoms with Crippen LogP contribution in [0.4, 0.5) is 0 Å². The van der Waals surface area contributed by atoms with Gasteiger partial charge in [-0.3, -0.25) is 0 Å². The van der Waals surface area contributed by atoms with Crippen LogP contribution in [-0.4, -0.2) is 4.70 Å². The highest BCUT2D eigenvalue weighted by atomic mass is 15.2. The Morgan fingerprint density at radius 1 is 0.300 bits per heavy atom. The van der Waals surface area contributed by atoms with Crippen LogP contribution in [0.3, 0.4) is 0 Å². The van der Waals surface area contributed by atoms with Crippen molar-refractivity contribution in [3.05, 3.63) is 85.5 Å². The summed E-state index contributed by atoms with van der Waals surface area (Å²) in [7, 11) is 0. The van der Waals surface area contributed by atoms with Crippen LogP contribution in [0, 0.1) is 0 Å². The fourth-order valence-electron chi connectivity index (χ4n) is 9.97. The van der Waals surface area contributed by atoms with Gasteiger partial charge in [0.1, 0.15) is 0 Å². The van der Waals surface area contributed by atoms with E-state index in [4.69, 9.17) is 0 Å². The van der Waals surface area contributed by atoms with Gasteiger partial charge in [-0.15, -0.1) is 0 Å². The average Bonchev–Trinajstić information content (AvgIpc) is 3.53. The molecule has 1 heterocycles. The number of hydrogen-bond acceptors (Lipinski definition) is 0. The predicted octanol–water partition coefficient (Wildman–Crippen LogP) is 19.2. The van der Waals surface area contributed by atoms with Crippen molar-refractivity contribution < 1.29 is 4.70 Å². The Kier molecular flexibility index (Phi) is 27.1. The van der Waals surface area contributed by atoms with E-state index in [0.717, 1.165) is 75.6 Å². The van der Waals surface area contributed by atoms with E-state index >= 15 is 0 Å². The molecule has 0 saturated heterocycles. The third-order valence-corrected chi connectivity index (χ3v) is 13.6. The van der Waals surface area contributed by atoms with Crippen LogP contribution in [0.15, 0.2) is 35.4 Å². The lowest BCUT2D eigenvalue weighted by molar-refractivity contribution is -0.345. The first-order valence-corrected chi connectivity index (χ1v) is 26.7. The topological polar surface area (TPSA) is 25.3 Å². The third kappa shape index (κ3) is 16.7. The highest BCUT2D eigenvalue weighted by Crippen LogP contribution is 2.46. The fourth-order valence-corrected chi connectivity index (χ4v) is 9.97. The average molecular weight is 821 g/mol. The second-order valence-electron chi connectivity index (χ2n) is 18.9. The molecule has 3 rings (SSSR count). The first-order chi connectivity index (χ1) is 29.4. The summed E-state index contributed by atoms with van der Waals surface area (Å²) in [5.41, 5.74) is 30.3. The molecule has 2 aromatic carbocycles. The van der Waals surface area contributed by atoms with Crippen molar-refractivity contribution in [2.24, 2.45) is 0 Å². The SMILES string of the molecule is CCCCCCc1cc(C2=C(CCCC)C(CCCC)=C(c3cc(CCCCCC)c(CCCCC)c(CCCCCC)c3)[N+]2=[N-])cc(CCCCCC)c1CCCCC. The van der Waals surface area contributed by atoms with Gasteiger partial charge in [0.2, 0.25) is 11.4 Å². The van der Waals surface area contributed by atoms with Gasteiger partial charge in [0, 0.05) is 22.3 Å². The van der Waals surface area contributed by atoms with Crippen LogP contribution in [0.1, 0.15) is 280 Å². The van der Waals surface area contributed by atoms with E-state index in [1.807, 2.05) is 0 Å². The van der Waals surface area contributed by atoms with Crippen molar-refractivity contribution in [1.29, 1.82) is 0 Å². The second kappa shape index (κ2) is 31.4. The van der Waals surface area contributed by atoms with Crippen molar-refractivity contribution in [3.63, 3.8) is 0 Å². The third-order valence-electron chi connectivity index (χ3n) is 13.6. The molecule has 0 atom stereocenters. The molecule has 0 N–H and O–H groups in total. The van der Waals surface area contributed by atoms with Crippen molar-refractivity contribution in [2.75, 3.05) is 0 Å². The molecule has 60 heavy (non-hydrogen) atoms. The minimum atomic E-state index is 1.03. The molecule has 0 unspecified atom stereocenters. The van der Waals surface area contributed by atoms with Crippen molar-refractivity contribution >= 4 is 11.4 Å². The summed E-state index contributed by atoms with van der Waals surface area (Å²) in [6.45, 7) is 18.7. The van der Waals surface area contributed by atoms with Crippen LogP contribution in [-0.2, 0) is 38.5 Å². The van der Waals surface area contributed by atoms with E-state index in [2.05, 4.69) is 79.7 Å². The summed E-state index contributed by atoms with van der Waals surface area (Å²) in [5, 5.41) is 0. The van der Waals surface area contributed by atoms with Gasteiger partial charge in [0.25, 0.3) is 0 Å². The molecule has 0 radical (unpaired) electrons. The lowest BCUT2D eigenvalue weighted by atomic mass is 9.85. The Bertz CT molecular complexity index is 1390. The van der Waals surface area contributed by atoms with Crippen LogP contribution >= 0.6 is 0 Å². The smallest absolute Gasteiger partial charge is 0.211 e. The number of aryl methyl sites for hydroxylation is 4. The number of unbranched alkanes of at least 4 members (excludes halogenated alkanes) is 18. The number of benzene rings is 2. The zero-order valence-electron chi connectivity index (χ0n) is 41.2. The molecule has 0 saturated carbocycles. The second-order valence-corrected chi connectivity index (χ2v) is 18.9. The molecule has 0 fully saturated rings. The number of rotatable bonds is 36. The zero-order chi connectivity index (χ0) is 43.4. The number of allylic oxidation sites excluding steroid dienone is 2. The molecule has 0 spiro atoms. The minimum Gasteiger partial charge on any atom is -0.493 e. The summed E-state index contributed by atoms with van der Waals surface area (Å²) >= 11 is 0. The maximum atomic E-state index is 13.0. The lowest BCUT2D eigenvalue weighted by Crippen LogP contribution is -2.09. The molecular weight excluding hydrogens is 725 g/mol. The molecule has 1 aliphatic rings. The largest absolute Gasteiger partial charge is 0.493 e. The molecule has 0 amide bonds. The summed E-state index contributed by atoms with van der Waals surface area (Å²) in [6, 6.07) is 10.3. The highest BCUT2D eigenvalue weighted by molar-refractivity contribution is 5.83. The monoisotopic (exact) mass is 821 g/mol. The molecule has 2 heteroatoms. The van der Waals surface area contributed by atoms with Gasteiger partial charge in [-0.25, -0.2) is 4.70 Å². The molecule has 0 aliphatic carbocycles. The Hall–Kier alpha value is -2.48. The van der Waals surface area contributed by atoms with Gasteiger partial charge in [-0.2, -0.15) is 0 Å². The zero-order valence-corrected chi connectivity index (χ0v) is 41.2. The maximum absolute atomic E-state index is 13.0. The number of nitrogens with zero attached hydrogens (tertiary/aromatic N) is 2. The van der Waals surface area contributed by atoms with Crippen LogP contribution < -0.4 is 0 Å². The Balaban J connectivity index is 2.33. The van der Waals surface area contributed by atoms with Gasteiger partial charge in [-0.1, -0.05) is 171 Å². The van der Waals surface area contributed by atoms with E-state index in [1.54, 1.807) is 38.1 Å². The van der Waals surface area contributed by atoms with Crippen molar-refractivity contribution in [1.82, 2.24) is 0 Å². The van der Waals surface area contributed by atoms with Crippen LogP contribution in [0.25, 0.3) is 16.9 Å². The van der Waals surface area contributed by atoms with E-state index < -0.39 is 0 Å². The quantitative estimate of drug-likeness (QED) is 0.0483. The Labute approximate surface area is 373 Å². The van der Waals surface area contributed by atoms with E-state index in [9.17, 15) is 5.53 Å². The Morgan fingerprint density at radius 3 is 0.817 bits per heavy atom. The fraction of sp³-hybridized carbons (Fsp3) is 0.724. The van der Waals surface area contributed by atoms with Gasteiger partial charge in [0.05, 0.1) is 0 Å². The standard InChI is InChI=1S/C58H96N2/c1-9-17-25-31-35-47-43-51(44-48(36-32-26-18-10-2)53(47)41-29-21-13-5)57-55(39-23-15-7)56(40-24-16-8)58(60(57)59)52-45-49(37-33-27-19-11-3)54(42-30-22-14-6)50(46-52)38-34-28-20-12-4/h43-46H,9-42H2,1-8H3. The van der Waals surface area contributed by atoms with Gasteiger partial charge >= 0.3 is 0 Å². The van der Waals surface area contributed by atoms with Crippen molar-refractivity contribution in [2.45, 2.75) is 274 Å². The lowest BCUT2D eigenvalue weighted by Gasteiger charge is -2.20. The summed E-state index contributed by atoms with van der Waals surface area (Å²) in [6.07, 6.45) is 42.0. The molecule has 338 valence electrons. The summed E-state index contributed by atoms with van der Waals surface area (Å²) in [5.74, 6) is 0. The van der Waals surface area contributed by atoms with Crippen LogP contribution in [0.5, 0.6) is 0 Å². The predicted molar refractivity (Wildman–Crippen MR) is 267 cm³/mol. The van der Waals surface area contributed by atoms with E-state index in [1.165, 1.54) is 176 Å². The van der Waals surface area contributed by atoms with Crippen LogP contribution in [0.2, 0.25) is 0 Å². The first kappa shape index (κ1) is 51.9. The maximum Gasteiger partial charge on any atom is 0.211 e. The van der Waals surface area contributed by atoms with Gasteiger partial charge < -0.3 is 5.53 Å². The summed E-state index contributed by atoms with van der Waals surface area (Å²) in [4.78, 5) is 0. The van der Waals surface area contributed by atoms with Crippen molar-refractivity contribution in [3.8, 4) is 0 Å². The Morgan fingerprint density at radius 2 is 0.550 bits per heavy atom. The van der Waals surface area contributed by atoms with E-state index in [-0.39, 0.29) is 0 Å². The van der Waals surface area contributed by atoms with Gasteiger partial charge in [0.15, 0.2) is 0 Å².